The molecule has 0 unspecified atom stereocenters. The van der Waals surface area contributed by atoms with Crippen molar-refractivity contribution >= 4 is 35.0 Å². The Morgan fingerprint density at radius 3 is 2.50 bits per heavy atom. The summed E-state index contributed by atoms with van der Waals surface area (Å²) in [6.07, 6.45) is 3.34. The summed E-state index contributed by atoms with van der Waals surface area (Å²) in [5, 5.41) is 11.0. The van der Waals surface area contributed by atoms with Crippen LogP contribution in [0, 0.1) is 0 Å². The summed E-state index contributed by atoms with van der Waals surface area (Å²) in [5.74, 6) is -0.362. The molecule has 150 valence electrons. The van der Waals surface area contributed by atoms with Crippen molar-refractivity contribution in [3.8, 4) is 10.6 Å². The van der Waals surface area contributed by atoms with Crippen LogP contribution in [-0.4, -0.2) is 48.0 Å². The van der Waals surface area contributed by atoms with E-state index in [1.165, 1.54) is 13.2 Å². The van der Waals surface area contributed by atoms with Crippen molar-refractivity contribution < 1.29 is 14.4 Å². The fraction of sp³-hybridized carbons (Fsp3) is 0.389. The minimum Gasteiger partial charge on any atom is -0.354 e. The first-order valence-electron chi connectivity index (χ1n) is 9.02. The molecule has 0 bridgehead atoms. The Labute approximate surface area is 167 Å². The maximum Gasteiger partial charge on any atom is 0.320 e. The van der Waals surface area contributed by atoms with Crippen molar-refractivity contribution in [3.63, 3.8) is 0 Å². The summed E-state index contributed by atoms with van der Waals surface area (Å²) in [7, 11) is 1.50. The molecule has 4 amide bonds. The van der Waals surface area contributed by atoms with E-state index in [2.05, 4.69) is 31.2 Å². The van der Waals surface area contributed by atoms with Crippen LogP contribution in [0.25, 0.3) is 10.6 Å². The number of pyridine rings is 1. The van der Waals surface area contributed by atoms with E-state index in [0.29, 0.717) is 29.5 Å². The first kappa shape index (κ1) is 21.3. The minimum absolute atomic E-state index is 0.0972. The van der Waals surface area contributed by atoms with Gasteiger partial charge in [0.25, 0.3) is 11.8 Å². The topological polar surface area (TPSA) is 125 Å². The SMILES string of the molecule is CCCCNC(=O)c1nc(-c2ccc(NC(=O)NCC)nc2)sc1C(=O)NC. The van der Waals surface area contributed by atoms with Gasteiger partial charge < -0.3 is 16.0 Å². The van der Waals surface area contributed by atoms with Gasteiger partial charge in [-0.3, -0.25) is 14.9 Å². The van der Waals surface area contributed by atoms with Gasteiger partial charge in [0.2, 0.25) is 0 Å². The van der Waals surface area contributed by atoms with Gasteiger partial charge in [-0.05, 0) is 25.5 Å². The maximum absolute atomic E-state index is 12.4. The Morgan fingerprint density at radius 1 is 1.11 bits per heavy atom. The van der Waals surface area contributed by atoms with Crippen molar-refractivity contribution in [2.45, 2.75) is 26.7 Å². The highest BCUT2D eigenvalue weighted by Gasteiger charge is 2.23. The summed E-state index contributed by atoms with van der Waals surface area (Å²) in [5.41, 5.74) is 0.740. The number of amides is 4. The zero-order valence-corrected chi connectivity index (χ0v) is 16.9. The van der Waals surface area contributed by atoms with E-state index in [4.69, 9.17) is 0 Å². The molecule has 0 aliphatic carbocycles. The van der Waals surface area contributed by atoms with E-state index in [1.54, 1.807) is 12.1 Å². The number of rotatable bonds is 8. The number of thiazole rings is 1. The van der Waals surface area contributed by atoms with Gasteiger partial charge in [-0.2, -0.15) is 0 Å². The van der Waals surface area contributed by atoms with Gasteiger partial charge >= 0.3 is 6.03 Å². The van der Waals surface area contributed by atoms with Gasteiger partial charge in [0.05, 0.1) is 0 Å². The normalized spacial score (nSPS) is 10.2. The van der Waals surface area contributed by atoms with Gasteiger partial charge in [0, 0.05) is 31.9 Å². The van der Waals surface area contributed by atoms with Crippen LogP contribution >= 0.6 is 11.3 Å². The molecule has 2 aromatic rings. The van der Waals surface area contributed by atoms with Crippen molar-refractivity contribution in [3.05, 3.63) is 28.9 Å². The molecule has 2 heterocycles. The molecule has 0 radical (unpaired) electrons. The molecule has 0 aliphatic rings. The minimum atomic E-state index is -0.378. The molecular formula is C18H24N6O3S. The van der Waals surface area contributed by atoms with Crippen LogP contribution < -0.4 is 21.3 Å². The molecule has 2 rings (SSSR count). The van der Waals surface area contributed by atoms with Crippen molar-refractivity contribution in [1.29, 1.82) is 0 Å². The Morgan fingerprint density at radius 2 is 1.89 bits per heavy atom. The van der Waals surface area contributed by atoms with Gasteiger partial charge in [-0.25, -0.2) is 14.8 Å². The Hall–Kier alpha value is -3.01. The highest BCUT2D eigenvalue weighted by atomic mass is 32.1. The van der Waals surface area contributed by atoms with Crippen LogP contribution in [0.2, 0.25) is 0 Å². The molecule has 0 fully saturated rings. The van der Waals surface area contributed by atoms with Gasteiger partial charge in [-0.15, -0.1) is 11.3 Å². The molecule has 10 heteroatoms. The summed E-state index contributed by atoms with van der Waals surface area (Å²) < 4.78 is 0. The lowest BCUT2D eigenvalue weighted by atomic mass is 10.2. The molecule has 0 aromatic carbocycles. The predicted molar refractivity (Wildman–Crippen MR) is 109 cm³/mol. The average molecular weight is 404 g/mol. The molecule has 0 aliphatic heterocycles. The van der Waals surface area contributed by atoms with E-state index in [1.807, 2.05) is 13.8 Å². The highest BCUT2D eigenvalue weighted by Crippen LogP contribution is 2.28. The number of anilines is 1. The zero-order valence-electron chi connectivity index (χ0n) is 16.1. The second kappa shape index (κ2) is 10.4. The second-order valence-corrected chi connectivity index (χ2v) is 6.80. The summed E-state index contributed by atoms with van der Waals surface area (Å²) in [4.78, 5) is 44.9. The lowest BCUT2D eigenvalue weighted by Crippen LogP contribution is -2.28. The van der Waals surface area contributed by atoms with Crippen LogP contribution in [-0.2, 0) is 0 Å². The third-order valence-corrected chi connectivity index (χ3v) is 4.78. The molecule has 0 atom stereocenters. The monoisotopic (exact) mass is 404 g/mol. The van der Waals surface area contributed by atoms with Crippen LogP contribution in [0.4, 0.5) is 10.6 Å². The maximum atomic E-state index is 12.4. The highest BCUT2D eigenvalue weighted by molar-refractivity contribution is 7.17. The largest absolute Gasteiger partial charge is 0.354 e. The Bertz CT molecular complexity index is 834. The molecule has 9 nitrogen and oxygen atoms in total. The van der Waals surface area contributed by atoms with E-state index in [-0.39, 0.29) is 28.4 Å². The standard InChI is InChI=1S/C18H24N6O3S/c1-4-6-9-21-15(25)13-14(16(26)19-3)28-17(24-13)11-7-8-12(22-10-11)23-18(27)20-5-2/h7-8,10H,4-6,9H2,1-3H3,(H,19,26)(H,21,25)(H2,20,22,23,27). The number of hydrogen-bond acceptors (Lipinski definition) is 6. The van der Waals surface area contributed by atoms with E-state index in [9.17, 15) is 14.4 Å². The van der Waals surface area contributed by atoms with E-state index in [0.717, 1.165) is 24.2 Å². The fourth-order valence-electron chi connectivity index (χ4n) is 2.24. The lowest BCUT2D eigenvalue weighted by Gasteiger charge is -2.05. The molecule has 0 saturated carbocycles. The van der Waals surface area contributed by atoms with Crippen molar-refractivity contribution in [2.75, 3.05) is 25.5 Å². The summed E-state index contributed by atoms with van der Waals surface area (Å²) >= 11 is 1.12. The summed E-state index contributed by atoms with van der Waals surface area (Å²) in [6, 6.07) is 3.01. The van der Waals surface area contributed by atoms with Crippen molar-refractivity contribution in [2.24, 2.45) is 0 Å². The molecule has 4 N–H and O–H groups in total. The number of urea groups is 1. The fourth-order valence-corrected chi connectivity index (χ4v) is 3.24. The third-order valence-electron chi connectivity index (χ3n) is 3.68. The molecule has 0 saturated heterocycles. The molecule has 28 heavy (non-hydrogen) atoms. The van der Waals surface area contributed by atoms with Gasteiger partial charge in [0.15, 0.2) is 5.69 Å². The first-order chi connectivity index (χ1) is 13.5. The molecule has 0 spiro atoms. The Balaban J connectivity index is 2.24. The Kier molecular flexibility index (Phi) is 7.88. The van der Waals surface area contributed by atoms with Crippen molar-refractivity contribution in [1.82, 2.24) is 25.9 Å². The number of nitrogens with one attached hydrogen (secondary N) is 4. The number of unbranched alkanes of at least 4 members (excludes halogenated alkanes) is 1. The third kappa shape index (κ3) is 5.49. The number of carbonyl (C=O) groups is 3. The number of carbonyl (C=O) groups excluding carboxylic acids is 3. The number of nitrogens with zero attached hydrogens (tertiary/aromatic N) is 2. The summed E-state index contributed by atoms with van der Waals surface area (Å²) in [6.45, 7) is 4.88. The van der Waals surface area contributed by atoms with Gasteiger partial charge in [0.1, 0.15) is 15.7 Å². The van der Waals surface area contributed by atoms with E-state index < -0.39 is 0 Å². The smallest absolute Gasteiger partial charge is 0.320 e. The average Bonchev–Trinajstić information content (AvgIpc) is 3.14. The molecular weight excluding hydrogens is 380 g/mol. The lowest BCUT2D eigenvalue weighted by molar-refractivity contribution is 0.0923. The second-order valence-electron chi connectivity index (χ2n) is 5.80. The van der Waals surface area contributed by atoms with E-state index >= 15 is 0 Å². The van der Waals surface area contributed by atoms with Crippen LogP contribution in [0.3, 0.4) is 0 Å². The zero-order chi connectivity index (χ0) is 20.5. The number of hydrogen-bond donors (Lipinski definition) is 4. The van der Waals surface area contributed by atoms with Crippen LogP contribution in [0.15, 0.2) is 18.3 Å². The van der Waals surface area contributed by atoms with Crippen LogP contribution in [0.5, 0.6) is 0 Å². The quantitative estimate of drug-likeness (QED) is 0.502. The van der Waals surface area contributed by atoms with Crippen LogP contribution in [0.1, 0.15) is 46.8 Å². The predicted octanol–water partition coefficient (Wildman–Crippen LogP) is 2.24. The number of aromatic nitrogens is 2. The van der Waals surface area contributed by atoms with Gasteiger partial charge in [-0.1, -0.05) is 13.3 Å². The first-order valence-corrected chi connectivity index (χ1v) is 9.84. The molecule has 2 aromatic heterocycles.